The second kappa shape index (κ2) is 5.53. The van der Waals surface area contributed by atoms with Gasteiger partial charge in [-0.15, -0.1) is 0 Å². The van der Waals surface area contributed by atoms with Crippen LogP contribution in [0.3, 0.4) is 0 Å². The lowest BCUT2D eigenvalue weighted by Crippen LogP contribution is -2.42. The first-order valence-electron chi connectivity index (χ1n) is 6.63. The Bertz CT molecular complexity index is 493. The standard InChI is InChI=1S/C15H20N2O2/c1-10-5-14(18)17(15(19)6-10)9-13-4-3-12(8-16)7-11(13)2/h3-4,7,10H,5-6,8-9,16H2,1-2H3. The van der Waals surface area contributed by atoms with E-state index in [1.165, 1.54) is 4.90 Å². The van der Waals surface area contributed by atoms with Crippen LogP contribution in [-0.2, 0) is 22.7 Å². The van der Waals surface area contributed by atoms with Crippen LogP contribution in [0.1, 0.15) is 36.5 Å². The van der Waals surface area contributed by atoms with E-state index in [0.717, 1.165) is 16.7 Å². The van der Waals surface area contributed by atoms with Gasteiger partial charge < -0.3 is 5.73 Å². The molecule has 0 unspecified atom stereocenters. The number of likely N-dealkylation sites (tertiary alicyclic amines) is 1. The second-order valence-corrected chi connectivity index (χ2v) is 5.35. The quantitative estimate of drug-likeness (QED) is 0.842. The first-order chi connectivity index (χ1) is 9.01. The average molecular weight is 260 g/mol. The van der Waals surface area contributed by atoms with Gasteiger partial charge in [0.2, 0.25) is 11.8 Å². The molecule has 1 aromatic rings. The molecule has 19 heavy (non-hydrogen) atoms. The number of carbonyl (C=O) groups excluding carboxylic acids is 2. The Kier molecular flexibility index (Phi) is 4.00. The number of nitrogens with zero attached hydrogens (tertiary/aromatic N) is 1. The SMILES string of the molecule is Cc1cc(CN)ccc1CN1C(=O)CC(C)CC1=O. The maximum absolute atomic E-state index is 11.9. The number of piperidine rings is 1. The maximum Gasteiger partial charge on any atom is 0.229 e. The Balaban J connectivity index is 2.16. The molecule has 0 saturated carbocycles. The Labute approximate surface area is 113 Å². The lowest BCUT2D eigenvalue weighted by Gasteiger charge is -2.28. The van der Waals surface area contributed by atoms with Crippen molar-refractivity contribution in [3.63, 3.8) is 0 Å². The van der Waals surface area contributed by atoms with Gasteiger partial charge in [0.1, 0.15) is 0 Å². The van der Waals surface area contributed by atoms with Gasteiger partial charge in [0, 0.05) is 19.4 Å². The fourth-order valence-electron chi connectivity index (χ4n) is 2.44. The van der Waals surface area contributed by atoms with Crippen LogP contribution in [0.15, 0.2) is 18.2 Å². The van der Waals surface area contributed by atoms with Gasteiger partial charge in [0.05, 0.1) is 6.54 Å². The van der Waals surface area contributed by atoms with Gasteiger partial charge in [-0.25, -0.2) is 0 Å². The summed E-state index contributed by atoms with van der Waals surface area (Å²) in [4.78, 5) is 25.3. The molecule has 0 spiro atoms. The molecule has 0 bridgehead atoms. The minimum absolute atomic E-state index is 0.0638. The van der Waals surface area contributed by atoms with Crippen LogP contribution in [0, 0.1) is 12.8 Å². The Morgan fingerprint density at radius 2 is 1.89 bits per heavy atom. The van der Waals surface area contributed by atoms with E-state index in [2.05, 4.69) is 0 Å². The highest BCUT2D eigenvalue weighted by Gasteiger charge is 2.30. The van der Waals surface area contributed by atoms with Gasteiger partial charge in [-0.1, -0.05) is 25.1 Å². The van der Waals surface area contributed by atoms with E-state index >= 15 is 0 Å². The van der Waals surface area contributed by atoms with Gasteiger partial charge in [0.15, 0.2) is 0 Å². The van der Waals surface area contributed by atoms with Crippen molar-refractivity contribution >= 4 is 11.8 Å². The molecule has 0 aromatic heterocycles. The Morgan fingerprint density at radius 3 is 2.42 bits per heavy atom. The van der Waals surface area contributed by atoms with Crippen molar-refractivity contribution in [2.24, 2.45) is 11.7 Å². The number of hydrogen-bond acceptors (Lipinski definition) is 3. The molecular weight excluding hydrogens is 240 g/mol. The summed E-state index contributed by atoms with van der Waals surface area (Å²) in [6.45, 7) is 4.80. The molecule has 1 heterocycles. The summed E-state index contributed by atoms with van der Waals surface area (Å²) in [5.74, 6) is 0.0362. The fraction of sp³-hybridized carbons (Fsp3) is 0.467. The summed E-state index contributed by atoms with van der Waals surface area (Å²) < 4.78 is 0. The topological polar surface area (TPSA) is 63.4 Å². The number of imide groups is 1. The number of nitrogens with two attached hydrogens (primary N) is 1. The van der Waals surface area contributed by atoms with Gasteiger partial charge in [0.25, 0.3) is 0 Å². The third-order valence-electron chi connectivity index (χ3n) is 3.62. The molecule has 1 aliphatic rings. The molecule has 0 atom stereocenters. The van der Waals surface area contributed by atoms with Crippen molar-refractivity contribution in [1.82, 2.24) is 4.90 Å². The third kappa shape index (κ3) is 3.01. The van der Waals surface area contributed by atoms with Crippen LogP contribution in [0.25, 0.3) is 0 Å². The third-order valence-corrected chi connectivity index (χ3v) is 3.62. The number of hydrogen-bond donors (Lipinski definition) is 1. The molecule has 2 amide bonds. The number of rotatable bonds is 3. The Morgan fingerprint density at radius 1 is 1.26 bits per heavy atom. The van der Waals surface area contributed by atoms with E-state index in [1.54, 1.807) is 0 Å². The van der Waals surface area contributed by atoms with E-state index in [4.69, 9.17) is 5.73 Å². The number of carbonyl (C=O) groups is 2. The van der Waals surface area contributed by atoms with Crippen molar-refractivity contribution in [3.05, 3.63) is 34.9 Å². The zero-order valence-electron chi connectivity index (χ0n) is 11.5. The van der Waals surface area contributed by atoms with Gasteiger partial charge in [-0.05, 0) is 29.5 Å². The minimum atomic E-state index is -0.0638. The highest BCUT2D eigenvalue weighted by Crippen LogP contribution is 2.22. The molecule has 2 N–H and O–H groups in total. The van der Waals surface area contributed by atoms with Crippen molar-refractivity contribution in [2.45, 2.75) is 39.8 Å². The number of benzene rings is 1. The van der Waals surface area contributed by atoms with Crippen molar-refractivity contribution < 1.29 is 9.59 Å². The highest BCUT2D eigenvalue weighted by atomic mass is 16.2. The van der Waals surface area contributed by atoms with Crippen LogP contribution >= 0.6 is 0 Å². The van der Waals surface area contributed by atoms with Crippen LogP contribution in [0.2, 0.25) is 0 Å². The number of aryl methyl sites for hydroxylation is 1. The summed E-state index contributed by atoms with van der Waals surface area (Å²) in [7, 11) is 0. The summed E-state index contributed by atoms with van der Waals surface area (Å²) in [6, 6.07) is 5.91. The summed E-state index contributed by atoms with van der Waals surface area (Å²) in [5, 5.41) is 0. The van der Waals surface area contributed by atoms with E-state index in [9.17, 15) is 9.59 Å². The zero-order valence-corrected chi connectivity index (χ0v) is 11.5. The van der Waals surface area contributed by atoms with Crippen LogP contribution < -0.4 is 5.73 Å². The zero-order chi connectivity index (χ0) is 14.0. The van der Waals surface area contributed by atoms with Gasteiger partial charge in [-0.2, -0.15) is 0 Å². The lowest BCUT2D eigenvalue weighted by atomic mass is 9.96. The summed E-state index contributed by atoms with van der Waals surface area (Å²) in [6.07, 6.45) is 0.928. The molecule has 1 fully saturated rings. The highest BCUT2D eigenvalue weighted by molar-refractivity contribution is 5.97. The largest absolute Gasteiger partial charge is 0.326 e. The van der Waals surface area contributed by atoms with E-state index < -0.39 is 0 Å². The number of amides is 2. The predicted molar refractivity (Wildman–Crippen MR) is 73.0 cm³/mol. The van der Waals surface area contributed by atoms with Gasteiger partial charge in [-0.3, -0.25) is 14.5 Å². The molecule has 1 aliphatic heterocycles. The van der Waals surface area contributed by atoms with Crippen molar-refractivity contribution in [1.29, 1.82) is 0 Å². The van der Waals surface area contributed by atoms with Crippen LogP contribution in [0.4, 0.5) is 0 Å². The van der Waals surface area contributed by atoms with E-state index in [0.29, 0.717) is 25.9 Å². The molecule has 102 valence electrons. The summed E-state index contributed by atoms with van der Waals surface area (Å²) in [5.41, 5.74) is 8.73. The summed E-state index contributed by atoms with van der Waals surface area (Å²) >= 11 is 0. The molecule has 4 nitrogen and oxygen atoms in total. The molecule has 0 aliphatic carbocycles. The lowest BCUT2D eigenvalue weighted by molar-refractivity contribution is -0.150. The molecule has 1 saturated heterocycles. The van der Waals surface area contributed by atoms with E-state index in [-0.39, 0.29) is 17.7 Å². The van der Waals surface area contributed by atoms with Crippen molar-refractivity contribution in [2.75, 3.05) is 0 Å². The first-order valence-corrected chi connectivity index (χ1v) is 6.63. The normalized spacial score (nSPS) is 17.1. The molecular formula is C15H20N2O2. The Hall–Kier alpha value is -1.68. The van der Waals surface area contributed by atoms with Crippen molar-refractivity contribution in [3.8, 4) is 0 Å². The monoisotopic (exact) mass is 260 g/mol. The van der Waals surface area contributed by atoms with Crippen LogP contribution in [0.5, 0.6) is 0 Å². The van der Waals surface area contributed by atoms with Crippen LogP contribution in [-0.4, -0.2) is 16.7 Å². The average Bonchev–Trinajstić information content (AvgIpc) is 2.35. The minimum Gasteiger partial charge on any atom is -0.326 e. The maximum atomic E-state index is 11.9. The molecule has 0 radical (unpaired) electrons. The molecule has 2 rings (SSSR count). The predicted octanol–water partition coefficient (Wildman–Crippen LogP) is 1.74. The first kappa shape index (κ1) is 13.7. The smallest absolute Gasteiger partial charge is 0.229 e. The molecule has 1 aromatic carbocycles. The second-order valence-electron chi connectivity index (χ2n) is 5.35. The van der Waals surface area contributed by atoms with E-state index in [1.807, 2.05) is 32.0 Å². The molecule has 4 heteroatoms. The fourth-order valence-corrected chi connectivity index (χ4v) is 2.44. The van der Waals surface area contributed by atoms with Gasteiger partial charge >= 0.3 is 0 Å².